The first-order valence-corrected chi connectivity index (χ1v) is 9.56. The molecule has 9 heteroatoms. The van der Waals surface area contributed by atoms with E-state index in [1.54, 1.807) is 18.2 Å². The predicted octanol–water partition coefficient (Wildman–Crippen LogP) is 1.59. The Morgan fingerprint density at radius 2 is 2.08 bits per heavy atom. The van der Waals surface area contributed by atoms with Crippen LogP contribution in [0.3, 0.4) is 0 Å². The average Bonchev–Trinajstić information content (AvgIpc) is 3.20. The third kappa shape index (κ3) is 3.37. The molecule has 0 aromatic heterocycles. The molecule has 3 N–H and O–H groups in total. The largest absolute Gasteiger partial charge is 0.495 e. The molecule has 2 aliphatic rings. The van der Waals surface area contributed by atoms with Gasteiger partial charge in [-0.25, -0.2) is 5.14 Å². The van der Waals surface area contributed by atoms with Gasteiger partial charge in [0.1, 0.15) is 5.75 Å². The zero-order valence-corrected chi connectivity index (χ0v) is 14.9. The zero-order valence-electron chi connectivity index (χ0n) is 13.3. The quantitative estimate of drug-likeness (QED) is 0.836. The summed E-state index contributed by atoms with van der Waals surface area (Å²) in [6.07, 6.45) is 2.06. The highest BCUT2D eigenvalue weighted by Crippen LogP contribution is 2.59. The number of nitrogens with two attached hydrogens (primary N) is 1. The van der Waals surface area contributed by atoms with Crippen LogP contribution < -0.4 is 15.2 Å². The summed E-state index contributed by atoms with van der Waals surface area (Å²) < 4.78 is 29.2. The average molecular weight is 374 g/mol. The molecule has 1 saturated carbocycles. The van der Waals surface area contributed by atoms with Crippen LogP contribution in [-0.4, -0.2) is 38.8 Å². The summed E-state index contributed by atoms with van der Waals surface area (Å²) in [6.45, 7) is 0.728. The highest BCUT2D eigenvalue weighted by Gasteiger charge is 2.59. The summed E-state index contributed by atoms with van der Waals surface area (Å²) in [5.74, 6) is 0.343. The van der Waals surface area contributed by atoms with Crippen LogP contribution in [0.5, 0.6) is 5.75 Å². The molecule has 1 aromatic rings. The molecule has 1 aliphatic heterocycles. The van der Waals surface area contributed by atoms with E-state index < -0.39 is 10.2 Å². The van der Waals surface area contributed by atoms with Gasteiger partial charge in [0, 0.05) is 24.0 Å². The molecular weight excluding hydrogens is 354 g/mol. The standard InChI is InChI=1S/C15H20ClN3O4S/c1-23-13-3-2-10(16)8-12(13)18-14(20)11-9-15(11)4-6-19(7-5-15)24(17,21)22/h2-3,8,11H,4-7,9H2,1H3,(H,18,20)(H2,17,21,22). The number of benzene rings is 1. The summed E-state index contributed by atoms with van der Waals surface area (Å²) in [7, 11) is -2.12. The second-order valence-electron chi connectivity index (χ2n) is 6.40. The summed E-state index contributed by atoms with van der Waals surface area (Å²) in [6, 6.07) is 5.04. The van der Waals surface area contributed by atoms with Gasteiger partial charge in [-0.2, -0.15) is 12.7 Å². The van der Waals surface area contributed by atoms with Gasteiger partial charge in [-0.05, 0) is 42.9 Å². The fraction of sp³-hybridized carbons (Fsp3) is 0.533. The zero-order chi connectivity index (χ0) is 17.5. The summed E-state index contributed by atoms with van der Waals surface area (Å²) >= 11 is 5.97. The Bertz CT molecular complexity index is 760. The Kier molecular flexibility index (Phi) is 4.50. The highest BCUT2D eigenvalue weighted by molar-refractivity contribution is 7.86. The van der Waals surface area contributed by atoms with Crippen molar-refractivity contribution in [3.8, 4) is 5.75 Å². The van der Waals surface area contributed by atoms with Gasteiger partial charge in [0.05, 0.1) is 12.8 Å². The first kappa shape index (κ1) is 17.5. The van der Waals surface area contributed by atoms with Gasteiger partial charge >= 0.3 is 0 Å². The van der Waals surface area contributed by atoms with E-state index in [4.69, 9.17) is 21.5 Å². The summed E-state index contributed by atoms with van der Waals surface area (Å²) in [4.78, 5) is 12.5. The van der Waals surface area contributed by atoms with Crippen molar-refractivity contribution in [1.82, 2.24) is 4.31 Å². The van der Waals surface area contributed by atoms with Gasteiger partial charge in [-0.15, -0.1) is 0 Å². The number of carbonyl (C=O) groups is 1. The van der Waals surface area contributed by atoms with Gasteiger partial charge in [0.15, 0.2) is 0 Å². The molecule has 24 heavy (non-hydrogen) atoms. The Balaban J connectivity index is 1.64. The molecule has 1 amide bonds. The van der Waals surface area contributed by atoms with Crippen LogP contribution in [0, 0.1) is 11.3 Å². The van der Waals surface area contributed by atoms with Crippen molar-refractivity contribution < 1.29 is 17.9 Å². The second kappa shape index (κ2) is 6.18. The van der Waals surface area contributed by atoms with Crippen LogP contribution in [0.25, 0.3) is 0 Å². The lowest BCUT2D eigenvalue weighted by atomic mass is 9.91. The molecule has 0 radical (unpaired) electrons. The molecule has 132 valence electrons. The molecule has 0 bridgehead atoms. The molecule has 2 fully saturated rings. The van der Waals surface area contributed by atoms with E-state index in [2.05, 4.69) is 5.32 Å². The number of halogens is 1. The minimum atomic E-state index is -3.65. The third-order valence-corrected chi connectivity index (χ3v) is 6.32. The van der Waals surface area contributed by atoms with E-state index in [-0.39, 0.29) is 17.2 Å². The lowest BCUT2D eigenvalue weighted by Crippen LogP contribution is -2.43. The van der Waals surface area contributed by atoms with Gasteiger partial charge < -0.3 is 10.1 Å². The number of methoxy groups -OCH3 is 1. The van der Waals surface area contributed by atoms with Crippen LogP contribution in [0.2, 0.25) is 5.02 Å². The monoisotopic (exact) mass is 373 g/mol. The number of hydrogen-bond acceptors (Lipinski definition) is 4. The molecule has 7 nitrogen and oxygen atoms in total. The van der Waals surface area contributed by atoms with Crippen molar-refractivity contribution in [2.75, 3.05) is 25.5 Å². The van der Waals surface area contributed by atoms with Crippen molar-refractivity contribution in [1.29, 1.82) is 0 Å². The van der Waals surface area contributed by atoms with E-state index in [0.717, 1.165) is 6.42 Å². The van der Waals surface area contributed by atoms with Gasteiger partial charge in [-0.1, -0.05) is 11.6 Å². The minimum absolute atomic E-state index is 0.0837. The number of nitrogens with one attached hydrogen (secondary N) is 1. The summed E-state index contributed by atoms with van der Waals surface area (Å²) in [5, 5.41) is 8.54. The molecular formula is C15H20ClN3O4S. The Hall–Kier alpha value is -1.35. The predicted molar refractivity (Wildman–Crippen MR) is 91.1 cm³/mol. The minimum Gasteiger partial charge on any atom is -0.495 e. The number of ether oxygens (including phenoxy) is 1. The molecule has 1 unspecified atom stereocenters. The van der Waals surface area contributed by atoms with Gasteiger partial charge in [-0.3, -0.25) is 4.79 Å². The molecule has 1 saturated heterocycles. The van der Waals surface area contributed by atoms with Crippen LogP contribution in [0.1, 0.15) is 19.3 Å². The maximum absolute atomic E-state index is 12.5. The number of amides is 1. The van der Waals surface area contributed by atoms with Crippen LogP contribution in [-0.2, 0) is 15.0 Å². The topological polar surface area (TPSA) is 102 Å². The van der Waals surface area contributed by atoms with E-state index in [0.29, 0.717) is 42.4 Å². The number of rotatable bonds is 4. The van der Waals surface area contributed by atoms with Gasteiger partial charge in [0.25, 0.3) is 10.2 Å². The van der Waals surface area contributed by atoms with E-state index in [1.807, 2.05) is 0 Å². The van der Waals surface area contributed by atoms with Crippen molar-refractivity contribution in [3.63, 3.8) is 0 Å². The lowest BCUT2D eigenvalue weighted by Gasteiger charge is -2.30. The van der Waals surface area contributed by atoms with Crippen LogP contribution in [0.15, 0.2) is 18.2 Å². The van der Waals surface area contributed by atoms with Crippen molar-refractivity contribution in [2.45, 2.75) is 19.3 Å². The Morgan fingerprint density at radius 1 is 1.42 bits per heavy atom. The molecule has 3 rings (SSSR count). The maximum atomic E-state index is 12.5. The SMILES string of the molecule is COc1ccc(Cl)cc1NC(=O)C1CC12CCN(S(N)(=O)=O)CC2. The fourth-order valence-electron chi connectivity index (χ4n) is 3.45. The van der Waals surface area contributed by atoms with Crippen LogP contribution >= 0.6 is 11.6 Å². The third-order valence-electron chi connectivity index (χ3n) is 5.00. The molecule has 1 heterocycles. The van der Waals surface area contributed by atoms with E-state index >= 15 is 0 Å². The fourth-order valence-corrected chi connectivity index (χ4v) is 4.32. The van der Waals surface area contributed by atoms with E-state index in [1.165, 1.54) is 11.4 Å². The normalized spacial score (nSPS) is 23.0. The van der Waals surface area contributed by atoms with Gasteiger partial charge in [0.2, 0.25) is 5.91 Å². The number of nitrogens with zero attached hydrogens (tertiary/aromatic N) is 1. The number of piperidine rings is 1. The molecule has 1 aromatic carbocycles. The van der Waals surface area contributed by atoms with Crippen molar-refractivity contribution in [2.24, 2.45) is 16.5 Å². The lowest BCUT2D eigenvalue weighted by molar-refractivity contribution is -0.118. The maximum Gasteiger partial charge on any atom is 0.276 e. The smallest absolute Gasteiger partial charge is 0.276 e. The van der Waals surface area contributed by atoms with Crippen molar-refractivity contribution in [3.05, 3.63) is 23.2 Å². The molecule has 1 aliphatic carbocycles. The Morgan fingerprint density at radius 3 is 2.67 bits per heavy atom. The Labute approximate surface area is 146 Å². The molecule has 1 atom stereocenters. The second-order valence-corrected chi connectivity index (χ2v) is 8.38. The number of carbonyl (C=O) groups excluding carboxylic acids is 1. The number of hydrogen-bond donors (Lipinski definition) is 2. The number of anilines is 1. The molecule has 1 spiro atoms. The summed E-state index contributed by atoms with van der Waals surface area (Å²) in [5.41, 5.74) is 0.427. The first-order valence-electron chi connectivity index (χ1n) is 7.67. The van der Waals surface area contributed by atoms with Crippen LogP contribution in [0.4, 0.5) is 5.69 Å². The highest BCUT2D eigenvalue weighted by atomic mass is 35.5. The first-order chi connectivity index (χ1) is 11.2. The van der Waals surface area contributed by atoms with Crippen molar-refractivity contribution >= 4 is 33.4 Å². The van der Waals surface area contributed by atoms with E-state index in [9.17, 15) is 13.2 Å².